The first-order chi connectivity index (χ1) is 9.76. The Balaban J connectivity index is 2.00. The molecule has 0 saturated carbocycles. The zero-order chi connectivity index (χ0) is 14.1. The molecule has 3 heteroatoms. The van der Waals surface area contributed by atoms with Gasteiger partial charge in [0.15, 0.2) is 0 Å². The maximum Gasteiger partial charge on any atom is 0.259 e. The summed E-state index contributed by atoms with van der Waals surface area (Å²) in [4.78, 5) is 14.6. The predicted octanol–water partition coefficient (Wildman–Crippen LogP) is 4.15. The highest BCUT2D eigenvalue weighted by atomic mass is 32.1. The van der Waals surface area contributed by atoms with Gasteiger partial charge >= 0.3 is 0 Å². The van der Waals surface area contributed by atoms with E-state index >= 15 is 0 Å². The number of thiol groups is 1. The van der Waals surface area contributed by atoms with E-state index in [1.807, 2.05) is 23.1 Å². The monoisotopic (exact) mass is 285 g/mol. The lowest BCUT2D eigenvalue weighted by atomic mass is 10.0. The van der Waals surface area contributed by atoms with Crippen molar-refractivity contribution in [3.8, 4) is 0 Å². The molecule has 2 aromatic rings. The van der Waals surface area contributed by atoms with E-state index in [0.717, 1.165) is 47.2 Å². The number of hydrogen-bond acceptors (Lipinski definition) is 2. The van der Waals surface area contributed by atoms with E-state index in [-0.39, 0.29) is 5.91 Å². The van der Waals surface area contributed by atoms with Gasteiger partial charge in [0.05, 0.1) is 5.69 Å². The highest BCUT2D eigenvalue weighted by Crippen LogP contribution is 2.37. The average molecular weight is 285 g/mol. The first-order valence-electron chi connectivity index (χ1n) is 7.20. The van der Waals surface area contributed by atoms with Gasteiger partial charge in [-0.1, -0.05) is 37.6 Å². The van der Waals surface area contributed by atoms with E-state index in [2.05, 4.69) is 37.8 Å². The van der Waals surface area contributed by atoms with Crippen LogP contribution in [0, 0.1) is 5.92 Å². The van der Waals surface area contributed by atoms with Gasteiger partial charge in [-0.15, -0.1) is 0 Å². The third-order valence-corrected chi connectivity index (χ3v) is 4.56. The second-order valence-electron chi connectivity index (χ2n) is 5.43. The van der Waals surface area contributed by atoms with Crippen molar-refractivity contribution in [2.75, 3.05) is 17.2 Å². The molecule has 1 aliphatic heterocycles. The summed E-state index contributed by atoms with van der Waals surface area (Å²) in [6.07, 6.45) is 2.24. The van der Waals surface area contributed by atoms with Crippen molar-refractivity contribution >= 4 is 35.0 Å². The van der Waals surface area contributed by atoms with Crippen LogP contribution in [0.4, 0.5) is 5.69 Å². The molecule has 1 unspecified atom stereocenters. The topological polar surface area (TPSA) is 20.3 Å². The second-order valence-corrected chi connectivity index (χ2v) is 5.80. The molecular formula is C17H19NOS. The van der Waals surface area contributed by atoms with E-state index in [1.54, 1.807) is 0 Å². The number of carbonyl (C=O) groups excluding carboxylic acids is 1. The van der Waals surface area contributed by atoms with Gasteiger partial charge in [0.2, 0.25) is 0 Å². The molecular weight excluding hydrogens is 266 g/mol. The number of carbonyl (C=O) groups is 1. The Morgan fingerprint density at radius 3 is 2.65 bits per heavy atom. The summed E-state index contributed by atoms with van der Waals surface area (Å²) < 4.78 is 0. The predicted molar refractivity (Wildman–Crippen MR) is 87.9 cm³/mol. The van der Waals surface area contributed by atoms with Crippen molar-refractivity contribution < 1.29 is 4.79 Å². The molecule has 3 rings (SSSR count). The van der Waals surface area contributed by atoms with Crippen LogP contribution in [0.1, 0.15) is 30.1 Å². The first kappa shape index (κ1) is 13.5. The van der Waals surface area contributed by atoms with Crippen molar-refractivity contribution in [1.29, 1.82) is 0 Å². The molecule has 0 N–H and O–H groups in total. The highest BCUT2D eigenvalue weighted by Gasteiger charge is 2.30. The Hall–Kier alpha value is -1.48. The zero-order valence-electron chi connectivity index (χ0n) is 11.7. The summed E-state index contributed by atoms with van der Waals surface area (Å²) in [5, 5.41) is 2.25. The molecule has 0 fully saturated rings. The van der Waals surface area contributed by atoms with E-state index in [9.17, 15) is 4.79 Å². The summed E-state index contributed by atoms with van der Waals surface area (Å²) in [6.45, 7) is 2.95. The van der Waals surface area contributed by atoms with Crippen molar-refractivity contribution in [3.05, 3.63) is 42.0 Å². The molecule has 2 aromatic carbocycles. The minimum absolute atomic E-state index is 0.139. The van der Waals surface area contributed by atoms with Gasteiger partial charge in [-0.2, -0.15) is 12.6 Å². The molecule has 0 radical (unpaired) electrons. The molecule has 0 bridgehead atoms. The van der Waals surface area contributed by atoms with Crippen LogP contribution in [0.15, 0.2) is 36.4 Å². The van der Waals surface area contributed by atoms with Gasteiger partial charge in [0.25, 0.3) is 5.91 Å². The van der Waals surface area contributed by atoms with Gasteiger partial charge in [-0.3, -0.25) is 4.79 Å². The third-order valence-electron chi connectivity index (χ3n) is 4.04. The normalized spacial score (nSPS) is 15.1. The number of rotatable bonds is 5. The van der Waals surface area contributed by atoms with Crippen molar-refractivity contribution in [2.45, 2.75) is 19.8 Å². The summed E-state index contributed by atoms with van der Waals surface area (Å²) in [6, 6.07) is 12.1. The van der Waals surface area contributed by atoms with E-state index in [4.69, 9.17) is 0 Å². The lowest BCUT2D eigenvalue weighted by molar-refractivity contribution is 0.0989. The molecule has 1 aliphatic rings. The Labute approximate surface area is 125 Å². The Morgan fingerprint density at radius 1 is 1.20 bits per heavy atom. The molecule has 0 saturated heterocycles. The van der Waals surface area contributed by atoms with Crippen LogP contribution in [-0.2, 0) is 0 Å². The van der Waals surface area contributed by atoms with Crippen LogP contribution >= 0.6 is 12.6 Å². The SMILES string of the molecule is CCCC(CS)CN1C(=O)c2cccc3cccc1c23. The Bertz CT molecular complexity index is 647. The number of benzene rings is 2. The average Bonchev–Trinajstić information content (AvgIpc) is 2.75. The number of hydrogen-bond donors (Lipinski definition) is 1. The fourth-order valence-electron chi connectivity index (χ4n) is 3.07. The van der Waals surface area contributed by atoms with E-state index in [0.29, 0.717) is 5.92 Å². The highest BCUT2D eigenvalue weighted by molar-refractivity contribution is 7.80. The molecule has 20 heavy (non-hydrogen) atoms. The molecule has 1 atom stereocenters. The van der Waals surface area contributed by atoms with Crippen LogP contribution in [0.25, 0.3) is 10.8 Å². The van der Waals surface area contributed by atoms with E-state index in [1.165, 1.54) is 0 Å². The summed E-state index contributed by atoms with van der Waals surface area (Å²) >= 11 is 4.44. The molecule has 2 nitrogen and oxygen atoms in total. The molecule has 0 aromatic heterocycles. The summed E-state index contributed by atoms with van der Waals surface area (Å²) in [7, 11) is 0. The van der Waals surface area contributed by atoms with Crippen LogP contribution in [-0.4, -0.2) is 18.2 Å². The molecule has 1 heterocycles. The van der Waals surface area contributed by atoms with Gasteiger partial charge < -0.3 is 4.90 Å². The fourth-order valence-corrected chi connectivity index (χ4v) is 3.37. The number of anilines is 1. The maximum absolute atomic E-state index is 12.6. The molecule has 1 amide bonds. The quantitative estimate of drug-likeness (QED) is 0.818. The van der Waals surface area contributed by atoms with Crippen LogP contribution in [0.5, 0.6) is 0 Å². The van der Waals surface area contributed by atoms with Crippen LogP contribution < -0.4 is 4.90 Å². The lowest BCUT2D eigenvalue weighted by Gasteiger charge is -2.23. The van der Waals surface area contributed by atoms with Gasteiger partial charge in [-0.05, 0) is 35.6 Å². The fraction of sp³-hybridized carbons (Fsp3) is 0.353. The summed E-state index contributed by atoms with van der Waals surface area (Å²) in [5.74, 6) is 1.42. The Kier molecular flexibility index (Phi) is 3.70. The molecule has 104 valence electrons. The summed E-state index contributed by atoms with van der Waals surface area (Å²) in [5.41, 5.74) is 1.90. The lowest BCUT2D eigenvalue weighted by Crippen LogP contribution is -2.33. The van der Waals surface area contributed by atoms with Gasteiger partial charge in [0.1, 0.15) is 0 Å². The zero-order valence-corrected chi connectivity index (χ0v) is 12.6. The Morgan fingerprint density at radius 2 is 1.95 bits per heavy atom. The third kappa shape index (κ3) is 2.10. The minimum atomic E-state index is 0.139. The minimum Gasteiger partial charge on any atom is -0.307 e. The number of amides is 1. The van der Waals surface area contributed by atoms with Crippen molar-refractivity contribution in [1.82, 2.24) is 0 Å². The van der Waals surface area contributed by atoms with Crippen LogP contribution in [0.3, 0.4) is 0 Å². The van der Waals surface area contributed by atoms with Gasteiger partial charge in [-0.25, -0.2) is 0 Å². The largest absolute Gasteiger partial charge is 0.307 e. The van der Waals surface area contributed by atoms with Crippen molar-refractivity contribution in [3.63, 3.8) is 0 Å². The standard InChI is InChI=1S/C17H19NOS/c1-2-5-12(11-20)10-18-15-9-4-7-13-6-3-8-14(16(13)15)17(18)19/h3-4,6-9,12,20H,2,5,10-11H2,1H3. The molecule has 0 spiro atoms. The van der Waals surface area contributed by atoms with Crippen LogP contribution in [0.2, 0.25) is 0 Å². The maximum atomic E-state index is 12.6. The van der Waals surface area contributed by atoms with Crippen molar-refractivity contribution in [2.24, 2.45) is 5.92 Å². The first-order valence-corrected chi connectivity index (χ1v) is 7.84. The smallest absolute Gasteiger partial charge is 0.259 e. The van der Waals surface area contributed by atoms with Gasteiger partial charge in [0, 0.05) is 17.5 Å². The number of nitrogens with zero attached hydrogens (tertiary/aromatic N) is 1. The second kappa shape index (κ2) is 5.49. The molecule has 0 aliphatic carbocycles. The van der Waals surface area contributed by atoms with E-state index < -0.39 is 0 Å².